The van der Waals surface area contributed by atoms with Gasteiger partial charge in [-0.3, -0.25) is 9.80 Å². The third-order valence-electron chi connectivity index (χ3n) is 9.93. The number of nitrogens with zero attached hydrogens (tertiary/aromatic N) is 2. The van der Waals surface area contributed by atoms with Crippen molar-refractivity contribution in [1.82, 2.24) is 9.80 Å². The molecule has 6 bridgehead atoms. The Labute approximate surface area is 265 Å². The molecule has 2 atom stereocenters. The lowest BCUT2D eigenvalue weighted by molar-refractivity contribution is 0.219. The summed E-state index contributed by atoms with van der Waals surface area (Å²) in [7, 11) is 7.72. The predicted octanol–water partition coefficient (Wildman–Crippen LogP) is 6.95. The largest absolute Gasteiger partial charge is 0.493 e. The zero-order chi connectivity index (χ0) is 31.2. The summed E-state index contributed by atoms with van der Waals surface area (Å²) in [4.78, 5) is 4.82. The smallest absolute Gasteiger partial charge is 0.174 e. The van der Waals surface area contributed by atoms with E-state index in [0.29, 0.717) is 23.0 Å². The van der Waals surface area contributed by atoms with E-state index in [2.05, 4.69) is 91.5 Å². The zero-order valence-electron chi connectivity index (χ0n) is 26.9. The highest BCUT2D eigenvalue weighted by atomic mass is 16.5. The van der Waals surface area contributed by atoms with Gasteiger partial charge in [-0.1, -0.05) is 24.3 Å². The van der Waals surface area contributed by atoms with Crippen LogP contribution in [-0.2, 0) is 32.3 Å². The Hall–Kier alpha value is -4.04. The molecule has 4 aliphatic rings. The van der Waals surface area contributed by atoms with E-state index in [1.165, 1.54) is 27.8 Å². The maximum Gasteiger partial charge on any atom is 0.174 e. The van der Waals surface area contributed by atoms with Gasteiger partial charge in [0.2, 0.25) is 0 Å². The Morgan fingerprint density at radius 1 is 0.778 bits per heavy atom. The maximum absolute atomic E-state index is 10.4. The van der Waals surface area contributed by atoms with E-state index in [-0.39, 0.29) is 18.7 Å². The molecule has 4 aliphatic heterocycles. The van der Waals surface area contributed by atoms with Crippen molar-refractivity contribution in [3.63, 3.8) is 0 Å². The minimum atomic E-state index is -0.137. The highest BCUT2D eigenvalue weighted by molar-refractivity contribution is 5.61. The molecule has 8 rings (SSSR count). The van der Waals surface area contributed by atoms with Crippen LogP contribution < -0.4 is 18.9 Å². The van der Waals surface area contributed by atoms with Crippen LogP contribution in [0.5, 0.6) is 34.5 Å². The number of methoxy groups -OCH3 is 2. The fourth-order valence-corrected chi connectivity index (χ4v) is 7.31. The van der Waals surface area contributed by atoms with Gasteiger partial charge in [-0.25, -0.2) is 0 Å². The number of rotatable bonds is 3. The lowest BCUT2D eigenvalue weighted by Gasteiger charge is -2.37. The first-order valence-corrected chi connectivity index (χ1v) is 15.9. The van der Waals surface area contributed by atoms with Crippen LogP contribution in [0.15, 0.2) is 60.7 Å². The van der Waals surface area contributed by atoms with Gasteiger partial charge in [-0.2, -0.15) is 0 Å². The van der Waals surface area contributed by atoms with Gasteiger partial charge in [0.25, 0.3) is 0 Å². The molecule has 0 radical (unpaired) electrons. The number of benzene rings is 4. The molecule has 7 heteroatoms. The average Bonchev–Trinajstić information content (AvgIpc) is 3.05. The van der Waals surface area contributed by atoms with Gasteiger partial charge in [0, 0.05) is 36.3 Å². The molecule has 0 amide bonds. The van der Waals surface area contributed by atoms with E-state index < -0.39 is 0 Å². The fraction of sp³-hybridized carbons (Fsp3) is 0.368. The molecule has 0 fully saturated rings. The number of hydrogen-bond donors (Lipinski definition) is 1. The summed E-state index contributed by atoms with van der Waals surface area (Å²) in [5.74, 6) is 4.27. The van der Waals surface area contributed by atoms with Crippen LogP contribution in [0.2, 0.25) is 0 Å². The number of aliphatic hydroxyl groups excluding tert-OH is 1. The molecule has 1 N–H and O–H groups in total. The summed E-state index contributed by atoms with van der Waals surface area (Å²) in [6.45, 7) is 3.82. The number of aryl methyl sites for hydroxylation is 1. The van der Waals surface area contributed by atoms with Gasteiger partial charge in [0.05, 0.1) is 20.8 Å². The second-order valence-electron chi connectivity index (χ2n) is 12.7. The summed E-state index contributed by atoms with van der Waals surface area (Å²) >= 11 is 0. The van der Waals surface area contributed by atoms with Crippen molar-refractivity contribution in [3.05, 3.63) is 105 Å². The summed E-state index contributed by atoms with van der Waals surface area (Å²) in [6.07, 6.45) is 3.40. The standard InChI is InChI=1S/C38H42N2O5/c1-23-6-7-25-17-31-30-21-35(34(42-4)20-26(30)12-14-39(31)2)45-38-36-27(19-28(22-41)37(38)43-5)13-15-40(3)32(36)16-24-8-10-29(11-9-24)44-33(23)18-25/h6-11,18-21,31-32,41H,12-17,22H2,1-5H3/t31-,32+/m1/s1. The molecule has 234 valence electrons. The summed E-state index contributed by atoms with van der Waals surface area (Å²) < 4.78 is 25.4. The van der Waals surface area contributed by atoms with Crippen LogP contribution in [0, 0.1) is 6.92 Å². The van der Waals surface area contributed by atoms with Crippen molar-refractivity contribution < 1.29 is 24.1 Å². The normalized spacial score (nSPS) is 19.5. The average molecular weight is 607 g/mol. The molecular formula is C38H42N2O5. The van der Waals surface area contributed by atoms with Crippen molar-refractivity contribution in [2.45, 2.75) is 51.3 Å². The quantitative estimate of drug-likeness (QED) is 0.271. The van der Waals surface area contributed by atoms with Crippen LogP contribution in [0.1, 0.15) is 56.6 Å². The van der Waals surface area contributed by atoms with Crippen LogP contribution in [0.3, 0.4) is 0 Å². The maximum atomic E-state index is 10.4. The summed E-state index contributed by atoms with van der Waals surface area (Å²) in [5, 5.41) is 10.4. The Balaban J connectivity index is 1.46. The third-order valence-corrected chi connectivity index (χ3v) is 9.93. The molecule has 0 aliphatic carbocycles. The van der Waals surface area contributed by atoms with Crippen LogP contribution in [-0.4, -0.2) is 56.3 Å². The molecule has 45 heavy (non-hydrogen) atoms. The molecular weight excluding hydrogens is 564 g/mol. The summed E-state index contributed by atoms with van der Waals surface area (Å²) in [6, 6.07) is 21.6. The van der Waals surface area contributed by atoms with Crippen molar-refractivity contribution >= 4 is 0 Å². The molecule has 0 saturated carbocycles. The van der Waals surface area contributed by atoms with Gasteiger partial charge in [-0.05, 0) is 116 Å². The monoisotopic (exact) mass is 606 g/mol. The lowest BCUT2D eigenvalue weighted by Crippen LogP contribution is -2.34. The van der Waals surface area contributed by atoms with Crippen LogP contribution in [0.25, 0.3) is 0 Å². The minimum Gasteiger partial charge on any atom is -0.493 e. The van der Waals surface area contributed by atoms with Gasteiger partial charge >= 0.3 is 0 Å². The lowest BCUT2D eigenvalue weighted by atomic mass is 9.86. The van der Waals surface area contributed by atoms with E-state index in [1.54, 1.807) is 14.2 Å². The van der Waals surface area contributed by atoms with Gasteiger partial charge in [0.1, 0.15) is 11.5 Å². The van der Waals surface area contributed by atoms with Crippen molar-refractivity contribution in [1.29, 1.82) is 0 Å². The third kappa shape index (κ3) is 5.43. The second-order valence-corrected chi connectivity index (χ2v) is 12.7. The Morgan fingerprint density at radius 3 is 2.22 bits per heavy atom. The Bertz CT molecular complexity index is 1730. The number of ether oxygens (including phenoxy) is 4. The number of aliphatic hydroxyl groups is 1. The van der Waals surface area contributed by atoms with E-state index in [1.807, 2.05) is 0 Å². The first kappa shape index (κ1) is 29.7. The fourth-order valence-electron chi connectivity index (χ4n) is 7.31. The topological polar surface area (TPSA) is 63.6 Å². The molecule has 4 aromatic carbocycles. The number of hydrogen-bond acceptors (Lipinski definition) is 7. The Morgan fingerprint density at radius 2 is 1.49 bits per heavy atom. The van der Waals surface area contributed by atoms with Gasteiger partial charge in [-0.15, -0.1) is 0 Å². The minimum absolute atomic E-state index is 0.0393. The van der Waals surface area contributed by atoms with E-state index in [4.69, 9.17) is 18.9 Å². The summed E-state index contributed by atoms with van der Waals surface area (Å²) in [5.41, 5.74) is 9.03. The molecule has 0 aromatic heterocycles. The van der Waals surface area contributed by atoms with Crippen molar-refractivity contribution in [2.24, 2.45) is 0 Å². The van der Waals surface area contributed by atoms with Crippen LogP contribution in [0.4, 0.5) is 0 Å². The van der Waals surface area contributed by atoms with E-state index in [0.717, 1.165) is 67.0 Å². The zero-order valence-corrected chi connectivity index (χ0v) is 26.9. The second kappa shape index (κ2) is 12.0. The Kier molecular flexibility index (Phi) is 7.94. The first-order valence-electron chi connectivity index (χ1n) is 15.9. The van der Waals surface area contributed by atoms with Gasteiger partial charge < -0.3 is 24.1 Å². The molecule has 0 unspecified atom stereocenters. The van der Waals surface area contributed by atoms with Crippen molar-refractivity contribution in [2.75, 3.05) is 41.4 Å². The first-order chi connectivity index (χ1) is 21.9. The highest BCUT2D eigenvalue weighted by Gasteiger charge is 2.34. The number of fused-ring (bicyclic) bond motifs is 2. The predicted molar refractivity (Wildman–Crippen MR) is 175 cm³/mol. The molecule has 0 spiro atoms. The molecule has 4 aromatic rings. The highest BCUT2D eigenvalue weighted by Crippen LogP contribution is 2.49. The number of likely N-dealkylation sites (N-methyl/N-ethyl adjacent to an activating group) is 2. The van der Waals surface area contributed by atoms with Crippen LogP contribution >= 0.6 is 0 Å². The van der Waals surface area contributed by atoms with E-state index >= 15 is 0 Å². The molecule has 0 saturated heterocycles. The van der Waals surface area contributed by atoms with E-state index in [9.17, 15) is 5.11 Å². The molecule has 4 heterocycles. The molecule has 7 nitrogen and oxygen atoms in total. The SMILES string of the molecule is COc1cc2c3cc1Oc1c(OC)c(CO)cc4c1[C@H](Cc1ccc(cc1)Oc1cc(ccc1C)C[C@H]3N(C)CC2)N(C)CC4. The van der Waals surface area contributed by atoms with Crippen molar-refractivity contribution in [3.8, 4) is 34.5 Å². The van der Waals surface area contributed by atoms with Gasteiger partial charge in [0.15, 0.2) is 23.0 Å².